The third kappa shape index (κ3) is 4.86. The van der Waals surface area contributed by atoms with Gasteiger partial charge in [0.2, 0.25) is 0 Å². The molecular weight excluding hydrogens is 386 g/mol. The van der Waals surface area contributed by atoms with Crippen LogP contribution in [0.3, 0.4) is 0 Å². The SMILES string of the molecule is COc1ccc(C(C#N)(CCCNCCc2c[nH]c3ccccc23)C(C)C)cc1OC. The Balaban J connectivity index is 1.59. The van der Waals surface area contributed by atoms with E-state index in [0.717, 1.165) is 37.9 Å². The van der Waals surface area contributed by atoms with Crippen LogP contribution in [0.1, 0.15) is 37.8 Å². The van der Waals surface area contributed by atoms with Gasteiger partial charge in [0.15, 0.2) is 11.5 Å². The number of hydrogen-bond acceptors (Lipinski definition) is 4. The second kappa shape index (κ2) is 10.4. The molecule has 0 amide bonds. The number of nitriles is 1. The minimum atomic E-state index is -0.557. The molecule has 5 nitrogen and oxygen atoms in total. The maximum atomic E-state index is 10.2. The molecule has 164 valence electrons. The first-order chi connectivity index (χ1) is 15.1. The van der Waals surface area contributed by atoms with Crippen molar-refractivity contribution in [1.82, 2.24) is 10.3 Å². The Bertz CT molecular complexity index is 1030. The summed E-state index contributed by atoms with van der Waals surface area (Å²) >= 11 is 0. The van der Waals surface area contributed by atoms with E-state index in [1.54, 1.807) is 14.2 Å². The van der Waals surface area contributed by atoms with E-state index >= 15 is 0 Å². The number of nitrogens with zero attached hydrogens (tertiary/aromatic N) is 1. The van der Waals surface area contributed by atoms with Crippen molar-refractivity contribution in [2.24, 2.45) is 5.92 Å². The van der Waals surface area contributed by atoms with Crippen LogP contribution in [0.5, 0.6) is 11.5 Å². The first kappa shape index (κ1) is 22.7. The number of methoxy groups -OCH3 is 2. The predicted octanol–water partition coefficient (Wildman–Crippen LogP) is 5.21. The summed E-state index contributed by atoms with van der Waals surface area (Å²) in [7, 11) is 3.25. The predicted molar refractivity (Wildman–Crippen MR) is 126 cm³/mol. The van der Waals surface area contributed by atoms with Gasteiger partial charge in [0.05, 0.1) is 25.7 Å². The van der Waals surface area contributed by atoms with Crippen molar-refractivity contribution in [3.63, 3.8) is 0 Å². The first-order valence-corrected chi connectivity index (χ1v) is 10.9. The molecule has 2 N–H and O–H groups in total. The van der Waals surface area contributed by atoms with E-state index in [4.69, 9.17) is 9.47 Å². The lowest BCUT2D eigenvalue weighted by Gasteiger charge is -2.32. The molecule has 0 saturated heterocycles. The summed E-state index contributed by atoms with van der Waals surface area (Å²) in [6.45, 7) is 6.03. The van der Waals surface area contributed by atoms with Crippen molar-refractivity contribution >= 4 is 10.9 Å². The molecule has 31 heavy (non-hydrogen) atoms. The van der Waals surface area contributed by atoms with Gasteiger partial charge in [-0.1, -0.05) is 38.1 Å². The number of fused-ring (bicyclic) bond motifs is 1. The summed E-state index contributed by atoms with van der Waals surface area (Å²) in [4.78, 5) is 3.33. The highest BCUT2D eigenvalue weighted by Crippen LogP contribution is 2.40. The molecule has 3 rings (SSSR count). The van der Waals surface area contributed by atoms with Crippen LogP contribution in [0, 0.1) is 17.2 Å². The molecule has 1 aromatic heterocycles. The van der Waals surface area contributed by atoms with E-state index in [2.05, 4.69) is 60.7 Å². The summed E-state index contributed by atoms with van der Waals surface area (Å²) in [5, 5.41) is 15.0. The van der Waals surface area contributed by atoms with Crippen molar-refractivity contribution in [2.45, 2.75) is 38.5 Å². The number of nitrogens with one attached hydrogen (secondary N) is 2. The van der Waals surface area contributed by atoms with E-state index in [0.29, 0.717) is 11.5 Å². The summed E-state index contributed by atoms with van der Waals surface area (Å²) in [5.41, 5.74) is 2.95. The molecule has 3 aromatic rings. The van der Waals surface area contributed by atoms with E-state index in [1.165, 1.54) is 16.5 Å². The molecule has 1 heterocycles. The maximum Gasteiger partial charge on any atom is 0.161 e. The molecule has 2 aromatic carbocycles. The van der Waals surface area contributed by atoms with Crippen LogP contribution >= 0.6 is 0 Å². The number of ether oxygens (including phenoxy) is 2. The summed E-state index contributed by atoms with van der Waals surface area (Å²) in [6.07, 6.45) is 4.79. The standard InChI is InChI=1S/C26H33N3O2/c1-19(2)26(18-27,21-10-11-24(30-3)25(16-21)31-4)13-7-14-28-15-12-20-17-29-23-9-6-5-8-22(20)23/h5-6,8-11,16-17,19,28-29H,7,12-15H2,1-4H3. The zero-order valence-electron chi connectivity index (χ0n) is 19.0. The number of para-hydroxylation sites is 1. The van der Waals surface area contributed by atoms with Crippen LogP contribution in [0.4, 0.5) is 0 Å². The molecule has 5 heteroatoms. The number of aromatic nitrogens is 1. The molecule has 0 aliphatic heterocycles. The van der Waals surface area contributed by atoms with Crippen molar-refractivity contribution in [2.75, 3.05) is 27.3 Å². The number of hydrogen-bond donors (Lipinski definition) is 2. The van der Waals surface area contributed by atoms with Gasteiger partial charge in [-0.05, 0) is 67.6 Å². The molecule has 1 atom stereocenters. The average molecular weight is 420 g/mol. The third-order valence-electron chi connectivity index (χ3n) is 6.25. The van der Waals surface area contributed by atoms with Crippen LogP contribution in [0.2, 0.25) is 0 Å². The van der Waals surface area contributed by atoms with E-state index in [9.17, 15) is 5.26 Å². The molecule has 0 aliphatic carbocycles. The average Bonchev–Trinajstić information content (AvgIpc) is 3.21. The van der Waals surface area contributed by atoms with Gasteiger partial charge in [-0.2, -0.15) is 5.26 Å². The minimum Gasteiger partial charge on any atom is -0.493 e. The molecule has 0 fully saturated rings. The Kier molecular flexibility index (Phi) is 7.59. The molecule has 1 unspecified atom stereocenters. The Morgan fingerprint density at radius 2 is 1.84 bits per heavy atom. The fourth-order valence-corrected chi connectivity index (χ4v) is 4.31. The summed E-state index contributed by atoms with van der Waals surface area (Å²) in [5.74, 6) is 1.53. The first-order valence-electron chi connectivity index (χ1n) is 10.9. The Morgan fingerprint density at radius 1 is 1.06 bits per heavy atom. The van der Waals surface area contributed by atoms with Gasteiger partial charge in [-0.3, -0.25) is 0 Å². The summed E-state index contributed by atoms with van der Waals surface area (Å²) in [6, 6.07) is 16.9. The molecular formula is C26H33N3O2. The van der Waals surface area contributed by atoms with Gasteiger partial charge in [0.1, 0.15) is 0 Å². The normalized spacial score (nSPS) is 13.2. The number of benzene rings is 2. The molecule has 0 saturated carbocycles. The van der Waals surface area contributed by atoms with Gasteiger partial charge < -0.3 is 19.8 Å². The molecule has 0 bridgehead atoms. The largest absolute Gasteiger partial charge is 0.493 e. The van der Waals surface area contributed by atoms with Gasteiger partial charge in [-0.25, -0.2) is 0 Å². The van der Waals surface area contributed by atoms with Gasteiger partial charge >= 0.3 is 0 Å². The quantitative estimate of drug-likeness (QED) is 0.418. The Hall–Kier alpha value is -2.97. The van der Waals surface area contributed by atoms with Crippen molar-refractivity contribution < 1.29 is 9.47 Å². The summed E-state index contributed by atoms with van der Waals surface area (Å²) < 4.78 is 10.8. The molecule has 0 aliphatic rings. The molecule has 0 radical (unpaired) electrons. The highest BCUT2D eigenvalue weighted by atomic mass is 16.5. The highest BCUT2D eigenvalue weighted by Gasteiger charge is 2.36. The Labute approximate surface area is 185 Å². The van der Waals surface area contributed by atoms with Gasteiger partial charge in [-0.15, -0.1) is 0 Å². The van der Waals surface area contributed by atoms with Crippen molar-refractivity contribution in [3.8, 4) is 17.6 Å². The fraction of sp³-hybridized carbons (Fsp3) is 0.423. The maximum absolute atomic E-state index is 10.2. The third-order valence-corrected chi connectivity index (χ3v) is 6.25. The van der Waals surface area contributed by atoms with Crippen LogP contribution in [-0.2, 0) is 11.8 Å². The van der Waals surface area contributed by atoms with Crippen LogP contribution in [0.25, 0.3) is 10.9 Å². The van der Waals surface area contributed by atoms with E-state index in [-0.39, 0.29) is 5.92 Å². The number of H-pyrrole nitrogens is 1. The number of rotatable bonds is 11. The van der Waals surface area contributed by atoms with E-state index < -0.39 is 5.41 Å². The minimum absolute atomic E-state index is 0.182. The lowest BCUT2D eigenvalue weighted by atomic mass is 9.70. The second-order valence-corrected chi connectivity index (χ2v) is 8.27. The van der Waals surface area contributed by atoms with Crippen LogP contribution in [-0.4, -0.2) is 32.3 Å². The second-order valence-electron chi connectivity index (χ2n) is 8.27. The fourth-order valence-electron chi connectivity index (χ4n) is 4.31. The van der Waals surface area contributed by atoms with Crippen molar-refractivity contribution in [1.29, 1.82) is 5.26 Å². The number of aromatic amines is 1. The highest BCUT2D eigenvalue weighted by molar-refractivity contribution is 5.83. The zero-order chi connectivity index (χ0) is 22.3. The lowest BCUT2D eigenvalue weighted by molar-refractivity contribution is 0.341. The Morgan fingerprint density at radius 3 is 2.55 bits per heavy atom. The van der Waals surface area contributed by atoms with Crippen LogP contribution in [0.15, 0.2) is 48.7 Å². The smallest absolute Gasteiger partial charge is 0.161 e. The lowest BCUT2D eigenvalue weighted by Crippen LogP contribution is -2.32. The van der Waals surface area contributed by atoms with Crippen molar-refractivity contribution in [3.05, 3.63) is 59.8 Å². The van der Waals surface area contributed by atoms with Gasteiger partial charge in [0.25, 0.3) is 0 Å². The van der Waals surface area contributed by atoms with Gasteiger partial charge in [0, 0.05) is 17.1 Å². The van der Waals surface area contributed by atoms with Crippen LogP contribution < -0.4 is 14.8 Å². The molecule has 0 spiro atoms. The van der Waals surface area contributed by atoms with E-state index in [1.807, 2.05) is 18.2 Å². The zero-order valence-corrected chi connectivity index (χ0v) is 19.0. The monoisotopic (exact) mass is 419 g/mol. The topological polar surface area (TPSA) is 70.1 Å².